The normalized spacial score (nSPS) is 24.9. The number of hydrogen-bond donors (Lipinski definition) is 1. The monoisotopic (exact) mass is 239 g/mol. The van der Waals surface area contributed by atoms with Gasteiger partial charge in [0, 0.05) is 25.1 Å². The molecule has 2 nitrogen and oxygen atoms in total. The molecule has 1 N–H and O–H groups in total. The Morgan fingerprint density at radius 1 is 1.35 bits per heavy atom. The molecule has 0 aliphatic carbocycles. The fraction of sp³-hybridized carbons (Fsp3) is 0.733. The molecule has 1 unspecified atom stereocenters. The van der Waals surface area contributed by atoms with Gasteiger partial charge in [0.2, 0.25) is 0 Å². The molecule has 0 bridgehead atoms. The van der Waals surface area contributed by atoms with Gasteiger partial charge in [-0.05, 0) is 25.8 Å². The molecular weight excluding hydrogens is 210 g/mol. The lowest BCUT2D eigenvalue weighted by Gasteiger charge is -2.22. The van der Waals surface area contributed by atoms with Crippen LogP contribution in [0.25, 0.3) is 0 Å². The number of nitrogens with one attached hydrogen (secondary N) is 1. The predicted molar refractivity (Wildman–Crippen MR) is 76.3 cm³/mol. The quantitative estimate of drug-likeness (QED) is 0.741. The Morgan fingerprint density at radius 3 is 2.53 bits per heavy atom. The number of ether oxygens (including phenoxy) is 1. The van der Waals surface area contributed by atoms with Crippen LogP contribution in [0, 0.1) is 5.41 Å². The van der Waals surface area contributed by atoms with Gasteiger partial charge in [-0.1, -0.05) is 39.0 Å². The van der Waals surface area contributed by atoms with Gasteiger partial charge >= 0.3 is 0 Å². The van der Waals surface area contributed by atoms with Gasteiger partial charge < -0.3 is 10.1 Å². The maximum atomic E-state index is 5.42. The van der Waals surface area contributed by atoms with Crippen LogP contribution in [0.2, 0.25) is 0 Å². The molecule has 0 aromatic carbocycles. The van der Waals surface area contributed by atoms with Crippen molar-refractivity contribution in [2.75, 3.05) is 26.3 Å². The fourth-order valence-corrected chi connectivity index (χ4v) is 1.83. The van der Waals surface area contributed by atoms with Crippen LogP contribution in [0.5, 0.6) is 0 Å². The summed E-state index contributed by atoms with van der Waals surface area (Å²) in [6.45, 7) is 14.2. The average Bonchev–Trinajstić information content (AvgIpc) is 2.78. The Labute approximate surface area is 107 Å². The third-order valence-electron chi connectivity index (χ3n) is 2.93. The van der Waals surface area contributed by atoms with Crippen molar-refractivity contribution < 1.29 is 4.74 Å². The summed E-state index contributed by atoms with van der Waals surface area (Å²) in [5, 5.41) is 3.50. The highest BCUT2D eigenvalue weighted by molar-refractivity contribution is 5.18. The summed E-state index contributed by atoms with van der Waals surface area (Å²) in [7, 11) is 0. The first-order chi connectivity index (χ1) is 8.20. The van der Waals surface area contributed by atoms with E-state index in [0.29, 0.717) is 5.41 Å². The topological polar surface area (TPSA) is 21.3 Å². The van der Waals surface area contributed by atoms with E-state index in [4.69, 9.17) is 4.74 Å². The molecule has 0 saturated carbocycles. The van der Waals surface area contributed by atoms with E-state index in [9.17, 15) is 0 Å². The zero-order chi connectivity index (χ0) is 13.1. The minimum Gasteiger partial charge on any atom is -0.381 e. The first-order valence-electron chi connectivity index (χ1n) is 6.76. The van der Waals surface area contributed by atoms with Crippen LogP contribution in [-0.4, -0.2) is 26.3 Å². The summed E-state index contributed by atoms with van der Waals surface area (Å²) in [4.78, 5) is 0. The molecule has 1 aliphatic heterocycles. The summed E-state index contributed by atoms with van der Waals surface area (Å²) in [6.07, 6.45) is 7.56. The van der Waals surface area contributed by atoms with Crippen molar-refractivity contribution >= 4 is 0 Å². The lowest BCUT2D eigenvalue weighted by Crippen LogP contribution is -2.33. The largest absolute Gasteiger partial charge is 0.381 e. The fourth-order valence-electron chi connectivity index (χ4n) is 1.83. The van der Waals surface area contributed by atoms with Crippen LogP contribution >= 0.6 is 0 Å². The van der Waals surface area contributed by atoms with Crippen LogP contribution in [0.1, 0.15) is 41.0 Å². The van der Waals surface area contributed by atoms with Crippen LogP contribution < -0.4 is 5.32 Å². The summed E-state index contributed by atoms with van der Waals surface area (Å²) >= 11 is 0. The molecule has 17 heavy (non-hydrogen) atoms. The molecule has 0 aromatic rings. The van der Waals surface area contributed by atoms with Gasteiger partial charge in [0.15, 0.2) is 0 Å². The molecular formula is C15H29NO. The lowest BCUT2D eigenvalue weighted by atomic mass is 9.90. The maximum absolute atomic E-state index is 5.42. The molecule has 1 atom stereocenters. The molecule has 0 radical (unpaired) electrons. The molecule has 1 fully saturated rings. The van der Waals surface area contributed by atoms with Crippen molar-refractivity contribution in [3.63, 3.8) is 0 Å². The Bertz CT molecular complexity index is 237. The Kier molecular flexibility index (Phi) is 9.10. The van der Waals surface area contributed by atoms with Gasteiger partial charge in [-0.2, -0.15) is 0 Å². The van der Waals surface area contributed by atoms with E-state index < -0.39 is 0 Å². The molecule has 1 aliphatic rings. The second kappa shape index (κ2) is 9.43. The molecule has 1 saturated heterocycles. The predicted octanol–water partition coefficient (Wildman–Crippen LogP) is 3.55. The van der Waals surface area contributed by atoms with Crippen molar-refractivity contribution in [3.05, 3.63) is 23.8 Å². The summed E-state index contributed by atoms with van der Waals surface area (Å²) in [5.41, 5.74) is 1.69. The molecule has 0 spiro atoms. The minimum absolute atomic E-state index is 0.342. The molecule has 2 heteroatoms. The first-order valence-corrected chi connectivity index (χ1v) is 6.76. The number of rotatable bonds is 5. The van der Waals surface area contributed by atoms with Crippen LogP contribution in [0.4, 0.5) is 0 Å². The maximum Gasteiger partial charge on any atom is 0.0532 e. The van der Waals surface area contributed by atoms with Crippen molar-refractivity contribution in [2.45, 2.75) is 41.0 Å². The Balaban J connectivity index is 0.00000121. The average molecular weight is 239 g/mol. The zero-order valence-corrected chi connectivity index (χ0v) is 12.2. The SMILES string of the molecule is C/C=C\C(=C/C)CNCC1(C)CCOC1.CC. The van der Waals surface area contributed by atoms with Gasteiger partial charge in [-0.25, -0.2) is 0 Å². The van der Waals surface area contributed by atoms with Crippen LogP contribution in [0.3, 0.4) is 0 Å². The van der Waals surface area contributed by atoms with Crippen molar-refractivity contribution in [2.24, 2.45) is 5.41 Å². The highest BCUT2D eigenvalue weighted by Gasteiger charge is 2.28. The first kappa shape index (κ1) is 16.4. The second-order valence-corrected chi connectivity index (χ2v) is 4.58. The third kappa shape index (κ3) is 6.64. The highest BCUT2D eigenvalue weighted by atomic mass is 16.5. The van der Waals surface area contributed by atoms with E-state index in [1.165, 1.54) is 12.0 Å². The Morgan fingerprint density at radius 2 is 2.06 bits per heavy atom. The summed E-state index contributed by atoms with van der Waals surface area (Å²) in [5.74, 6) is 0. The minimum atomic E-state index is 0.342. The van der Waals surface area contributed by atoms with E-state index in [0.717, 1.165) is 26.3 Å². The zero-order valence-electron chi connectivity index (χ0n) is 12.2. The molecule has 0 amide bonds. The number of allylic oxidation sites excluding steroid dienone is 2. The standard InChI is InChI=1S/C13H23NO.C2H6/c1-4-6-12(5-2)9-14-10-13(3)7-8-15-11-13;1-2/h4-6,14H,7-11H2,1-3H3;1-2H3/b6-4-,12-5+;. The van der Waals surface area contributed by atoms with Gasteiger partial charge in [0.25, 0.3) is 0 Å². The van der Waals surface area contributed by atoms with Crippen molar-refractivity contribution in [3.8, 4) is 0 Å². The van der Waals surface area contributed by atoms with Crippen molar-refractivity contribution in [1.82, 2.24) is 5.32 Å². The molecule has 100 valence electrons. The van der Waals surface area contributed by atoms with E-state index >= 15 is 0 Å². The van der Waals surface area contributed by atoms with Crippen molar-refractivity contribution in [1.29, 1.82) is 0 Å². The van der Waals surface area contributed by atoms with E-state index in [-0.39, 0.29) is 0 Å². The second-order valence-electron chi connectivity index (χ2n) is 4.58. The smallest absolute Gasteiger partial charge is 0.0532 e. The molecule has 1 rings (SSSR count). The van der Waals surface area contributed by atoms with Crippen LogP contribution in [-0.2, 0) is 4.74 Å². The van der Waals surface area contributed by atoms with Crippen LogP contribution in [0.15, 0.2) is 23.8 Å². The van der Waals surface area contributed by atoms with Gasteiger partial charge in [0.05, 0.1) is 6.61 Å². The summed E-state index contributed by atoms with van der Waals surface area (Å²) in [6, 6.07) is 0. The lowest BCUT2D eigenvalue weighted by molar-refractivity contribution is 0.159. The molecule has 1 heterocycles. The van der Waals surface area contributed by atoms with Gasteiger partial charge in [-0.3, -0.25) is 0 Å². The number of hydrogen-bond acceptors (Lipinski definition) is 2. The molecule has 0 aromatic heterocycles. The van der Waals surface area contributed by atoms with E-state index in [1.54, 1.807) is 0 Å². The highest BCUT2D eigenvalue weighted by Crippen LogP contribution is 2.26. The summed E-state index contributed by atoms with van der Waals surface area (Å²) < 4.78 is 5.42. The van der Waals surface area contributed by atoms with Gasteiger partial charge in [0.1, 0.15) is 0 Å². The Hall–Kier alpha value is -0.600. The van der Waals surface area contributed by atoms with E-state index in [2.05, 4.69) is 44.3 Å². The van der Waals surface area contributed by atoms with E-state index in [1.807, 2.05) is 13.8 Å². The third-order valence-corrected chi connectivity index (χ3v) is 2.93. The van der Waals surface area contributed by atoms with Gasteiger partial charge in [-0.15, -0.1) is 0 Å².